The molecule has 0 spiro atoms. The van der Waals surface area contributed by atoms with Gasteiger partial charge in [-0.3, -0.25) is 4.79 Å². The number of amides is 1. The maximum atomic E-state index is 12.1. The van der Waals surface area contributed by atoms with Crippen LogP contribution in [0, 0.1) is 0 Å². The minimum atomic E-state index is -0.198. The van der Waals surface area contributed by atoms with Gasteiger partial charge in [-0.25, -0.2) is 0 Å². The highest BCUT2D eigenvalue weighted by molar-refractivity contribution is 7.99. The molecule has 1 atom stereocenters. The van der Waals surface area contributed by atoms with Crippen molar-refractivity contribution in [3.63, 3.8) is 0 Å². The third kappa shape index (κ3) is 4.44. The third-order valence-electron chi connectivity index (χ3n) is 2.84. The van der Waals surface area contributed by atoms with E-state index < -0.39 is 0 Å². The van der Waals surface area contributed by atoms with Gasteiger partial charge in [-0.2, -0.15) is 0 Å². The maximum absolute atomic E-state index is 12.1. The van der Waals surface area contributed by atoms with E-state index in [1.165, 1.54) is 11.8 Å². The molecule has 0 aliphatic rings. The van der Waals surface area contributed by atoms with Crippen molar-refractivity contribution in [2.45, 2.75) is 17.9 Å². The Morgan fingerprint density at radius 1 is 1.48 bits per heavy atom. The molecule has 1 unspecified atom stereocenters. The summed E-state index contributed by atoms with van der Waals surface area (Å²) in [5.74, 6) is 2.01. The molecular weight excluding hydrogens is 310 g/mol. The molecule has 0 aliphatic heterocycles. The Balaban J connectivity index is 1.89. The molecule has 112 valence electrons. The van der Waals surface area contributed by atoms with Crippen LogP contribution in [0.4, 0.5) is 5.69 Å². The number of carbonyl (C=O) groups excluding carboxylic acids is 1. The lowest BCUT2D eigenvalue weighted by Crippen LogP contribution is -2.22. The lowest BCUT2D eigenvalue weighted by atomic mass is 10.3. The molecule has 1 amide bonds. The fraction of sp³-hybridized carbons (Fsp3) is 0.267. The van der Waals surface area contributed by atoms with Gasteiger partial charge >= 0.3 is 0 Å². The molecule has 1 heterocycles. The van der Waals surface area contributed by atoms with Crippen LogP contribution >= 0.6 is 23.4 Å². The van der Waals surface area contributed by atoms with E-state index in [9.17, 15) is 4.79 Å². The molecular formula is C15H16ClNO3S. The molecule has 2 rings (SSSR count). The van der Waals surface area contributed by atoms with Crippen molar-refractivity contribution in [1.29, 1.82) is 0 Å². The van der Waals surface area contributed by atoms with Crippen molar-refractivity contribution in [3.8, 4) is 5.75 Å². The first-order valence-electron chi connectivity index (χ1n) is 6.38. The number of thioether (sulfide) groups is 1. The van der Waals surface area contributed by atoms with E-state index in [4.69, 9.17) is 20.8 Å². The first kappa shape index (κ1) is 15.8. The van der Waals surface area contributed by atoms with Crippen LogP contribution in [0.1, 0.15) is 12.7 Å². The Bertz CT molecular complexity index is 601. The van der Waals surface area contributed by atoms with Crippen molar-refractivity contribution in [3.05, 3.63) is 47.4 Å². The molecule has 4 nitrogen and oxygen atoms in total. The van der Waals surface area contributed by atoms with Gasteiger partial charge < -0.3 is 14.5 Å². The fourth-order valence-electron chi connectivity index (χ4n) is 1.67. The number of furan rings is 1. The van der Waals surface area contributed by atoms with Gasteiger partial charge in [-0.1, -0.05) is 11.6 Å². The van der Waals surface area contributed by atoms with Crippen molar-refractivity contribution in [1.82, 2.24) is 0 Å². The second kappa shape index (κ2) is 7.43. The summed E-state index contributed by atoms with van der Waals surface area (Å²) in [6, 6.07) is 8.87. The highest BCUT2D eigenvalue weighted by atomic mass is 35.5. The standard InChI is InChI=1S/C15H16ClNO3S/c1-10(21-9-12-4-3-7-20-12)15(18)17-11-5-6-14(19-2)13(16)8-11/h3-8,10H,9H2,1-2H3,(H,17,18). The molecule has 0 fully saturated rings. The maximum Gasteiger partial charge on any atom is 0.237 e. The number of rotatable bonds is 6. The fourth-order valence-corrected chi connectivity index (χ4v) is 2.71. The molecule has 0 aliphatic carbocycles. The van der Waals surface area contributed by atoms with E-state index in [0.29, 0.717) is 22.2 Å². The van der Waals surface area contributed by atoms with Gasteiger partial charge in [0.2, 0.25) is 5.91 Å². The summed E-state index contributed by atoms with van der Waals surface area (Å²) in [4.78, 5) is 12.1. The van der Waals surface area contributed by atoms with Gasteiger partial charge in [0, 0.05) is 5.69 Å². The van der Waals surface area contributed by atoms with Gasteiger partial charge in [0.05, 0.1) is 29.4 Å². The number of hydrogen-bond acceptors (Lipinski definition) is 4. The van der Waals surface area contributed by atoms with E-state index in [-0.39, 0.29) is 11.2 Å². The summed E-state index contributed by atoms with van der Waals surface area (Å²) in [5.41, 5.74) is 0.649. The molecule has 0 bridgehead atoms. The quantitative estimate of drug-likeness (QED) is 0.864. The highest BCUT2D eigenvalue weighted by Crippen LogP contribution is 2.27. The molecule has 1 aromatic carbocycles. The first-order valence-corrected chi connectivity index (χ1v) is 7.81. The summed E-state index contributed by atoms with van der Waals surface area (Å²) in [5, 5.41) is 3.10. The lowest BCUT2D eigenvalue weighted by Gasteiger charge is -2.12. The summed E-state index contributed by atoms with van der Waals surface area (Å²) in [7, 11) is 1.55. The van der Waals surface area contributed by atoms with Crippen LogP contribution in [0.25, 0.3) is 0 Å². The number of methoxy groups -OCH3 is 1. The molecule has 1 N–H and O–H groups in total. The topological polar surface area (TPSA) is 51.5 Å². The normalized spacial score (nSPS) is 12.0. The minimum absolute atomic E-state index is 0.0761. The molecule has 0 saturated heterocycles. The van der Waals surface area contributed by atoms with Crippen LogP contribution in [0.3, 0.4) is 0 Å². The van der Waals surface area contributed by atoms with Crippen LogP contribution in [0.15, 0.2) is 41.0 Å². The number of anilines is 1. The molecule has 2 aromatic rings. The van der Waals surface area contributed by atoms with Gasteiger partial charge in [0.25, 0.3) is 0 Å². The minimum Gasteiger partial charge on any atom is -0.495 e. The van der Waals surface area contributed by atoms with Crippen molar-refractivity contribution in [2.75, 3.05) is 12.4 Å². The third-order valence-corrected chi connectivity index (χ3v) is 4.30. The first-order chi connectivity index (χ1) is 10.1. The van der Waals surface area contributed by atoms with E-state index in [2.05, 4.69) is 5.32 Å². The van der Waals surface area contributed by atoms with E-state index in [1.54, 1.807) is 31.6 Å². The zero-order valence-corrected chi connectivity index (χ0v) is 13.3. The molecule has 6 heteroatoms. The lowest BCUT2D eigenvalue weighted by molar-refractivity contribution is -0.115. The van der Waals surface area contributed by atoms with E-state index >= 15 is 0 Å². The van der Waals surface area contributed by atoms with Gasteiger partial charge in [-0.05, 0) is 37.3 Å². The van der Waals surface area contributed by atoms with Crippen molar-refractivity contribution in [2.24, 2.45) is 0 Å². The molecule has 0 saturated carbocycles. The SMILES string of the molecule is COc1ccc(NC(=O)C(C)SCc2ccco2)cc1Cl. The Kier molecular flexibility index (Phi) is 5.59. The smallest absolute Gasteiger partial charge is 0.237 e. The summed E-state index contributed by atoms with van der Waals surface area (Å²) < 4.78 is 10.3. The van der Waals surface area contributed by atoms with E-state index in [1.807, 2.05) is 19.1 Å². The Morgan fingerprint density at radius 3 is 2.90 bits per heavy atom. The van der Waals surface area contributed by atoms with Gasteiger partial charge in [-0.15, -0.1) is 11.8 Å². The van der Waals surface area contributed by atoms with Crippen molar-refractivity contribution < 1.29 is 13.9 Å². The largest absolute Gasteiger partial charge is 0.495 e. The second-order valence-corrected chi connectivity index (χ2v) is 6.11. The van der Waals surface area contributed by atoms with Crippen molar-refractivity contribution >= 4 is 35.0 Å². The Hall–Kier alpha value is -1.59. The number of halogens is 1. The zero-order valence-electron chi connectivity index (χ0n) is 11.8. The number of benzene rings is 1. The summed E-state index contributed by atoms with van der Waals surface area (Å²) in [6.07, 6.45) is 1.62. The molecule has 0 radical (unpaired) electrons. The number of nitrogens with one attached hydrogen (secondary N) is 1. The van der Waals surface area contributed by atoms with Gasteiger partial charge in [0.1, 0.15) is 11.5 Å². The number of hydrogen-bond donors (Lipinski definition) is 1. The monoisotopic (exact) mass is 325 g/mol. The molecule has 21 heavy (non-hydrogen) atoms. The van der Waals surface area contributed by atoms with Gasteiger partial charge in [0.15, 0.2) is 0 Å². The van der Waals surface area contributed by atoms with E-state index in [0.717, 1.165) is 5.76 Å². The van der Waals surface area contributed by atoms with Crippen LogP contribution < -0.4 is 10.1 Å². The number of carbonyl (C=O) groups is 1. The van der Waals surface area contributed by atoms with Crippen LogP contribution in [-0.2, 0) is 10.5 Å². The number of ether oxygens (including phenoxy) is 1. The molecule has 1 aromatic heterocycles. The van der Waals surface area contributed by atoms with Crippen LogP contribution in [0.5, 0.6) is 5.75 Å². The Labute approximate surface area is 132 Å². The predicted octanol–water partition coefficient (Wildman–Crippen LogP) is 4.20. The average Bonchev–Trinajstić information content (AvgIpc) is 2.98. The van der Waals surface area contributed by atoms with Crippen LogP contribution in [0.2, 0.25) is 5.02 Å². The Morgan fingerprint density at radius 2 is 2.29 bits per heavy atom. The summed E-state index contributed by atoms with van der Waals surface area (Å²) in [6.45, 7) is 1.86. The second-order valence-electron chi connectivity index (χ2n) is 4.37. The van der Waals surface area contributed by atoms with Crippen LogP contribution in [-0.4, -0.2) is 18.3 Å². The average molecular weight is 326 g/mol. The summed E-state index contributed by atoms with van der Waals surface area (Å²) >= 11 is 7.54. The zero-order chi connectivity index (χ0) is 15.2. The highest BCUT2D eigenvalue weighted by Gasteiger charge is 2.15. The predicted molar refractivity (Wildman–Crippen MR) is 86.1 cm³/mol.